The minimum atomic E-state index is -0.512. The molecule has 0 saturated carbocycles. The van der Waals surface area contributed by atoms with Crippen molar-refractivity contribution in [2.45, 2.75) is 13.0 Å². The Kier molecular flexibility index (Phi) is 5.16. The van der Waals surface area contributed by atoms with Gasteiger partial charge in [0.25, 0.3) is 0 Å². The SMILES string of the molecule is OCC1(CO)C=CC(C=COCc2ccccc2)=CC1. The summed E-state index contributed by atoms with van der Waals surface area (Å²) < 4.78 is 5.47. The minimum absolute atomic E-state index is 0.0436. The number of hydrogen-bond donors (Lipinski definition) is 2. The molecule has 106 valence electrons. The summed E-state index contributed by atoms with van der Waals surface area (Å²) in [5, 5.41) is 18.6. The smallest absolute Gasteiger partial charge is 0.112 e. The lowest BCUT2D eigenvalue weighted by Gasteiger charge is -2.27. The molecule has 0 aromatic heterocycles. The van der Waals surface area contributed by atoms with Gasteiger partial charge in [-0.1, -0.05) is 48.6 Å². The number of benzene rings is 1. The van der Waals surface area contributed by atoms with Gasteiger partial charge in [-0.15, -0.1) is 0 Å². The second-order valence-corrected chi connectivity index (χ2v) is 5.02. The van der Waals surface area contributed by atoms with E-state index in [0.29, 0.717) is 13.0 Å². The van der Waals surface area contributed by atoms with E-state index in [1.807, 2.05) is 54.6 Å². The van der Waals surface area contributed by atoms with E-state index in [9.17, 15) is 10.2 Å². The molecule has 0 fully saturated rings. The van der Waals surface area contributed by atoms with E-state index in [0.717, 1.165) is 11.1 Å². The first kappa shape index (κ1) is 14.6. The second kappa shape index (κ2) is 7.08. The van der Waals surface area contributed by atoms with E-state index in [1.54, 1.807) is 6.26 Å². The van der Waals surface area contributed by atoms with E-state index in [1.165, 1.54) is 0 Å². The highest BCUT2D eigenvalue weighted by Crippen LogP contribution is 2.29. The molecule has 1 aromatic rings. The Balaban J connectivity index is 1.82. The number of allylic oxidation sites excluding steroid dienone is 4. The zero-order chi connectivity index (χ0) is 14.3. The lowest BCUT2D eigenvalue weighted by molar-refractivity contribution is 0.0947. The summed E-state index contributed by atoms with van der Waals surface area (Å²) in [5.41, 5.74) is 1.64. The van der Waals surface area contributed by atoms with Crippen LogP contribution < -0.4 is 0 Å². The zero-order valence-corrected chi connectivity index (χ0v) is 11.4. The highest BCUT2D eigenvalue weighted by atomic mass is 16.5. The van der Waals surface area contributed by atoms with Crippen LogP contribution in [0.5, 0.6) is 0 Å². The highest BCUT2D eigenvalue weighted by molar-refractivity contribution is 5.35. The first-order valence-corrected chi connectivity index (χ1v) is 6.71. The first-order chi connectivity index (χ1) is 9.78. The molecule has 0 spiro atoms. The maximum atomic E-state index is 9.28. The van der Waals surface area contributed by atoms with Crippen molar-refractivity contribution in [1.82, 2.24) is 0 Å². The largest absolute Gasteiger partial charge is 0.496 e. The van der Waals surface area contributed by atoms with Gasteiger partial charge in [0.2, 0.25) is 0 Å². The van der Waals surface area contributed by atoms with Crippen LogP contribution in [0.4, 0.5) is 0 Å². The summed E-state index contributed by atoms with van der Waals surface area (Å²) in [4.78, 5) is 0. The van der Waals surface area contributed by atoms with Gasteiger partial charge in [0.05, 0.1) is 19.5 Å². The van der Waals surface area contributed by atoms with Gasteiger partial charge in [-0.2, -0.15) is 0 Å². The number of aliphatic hydroxyl groups excluding tert-OH is 2. The third kappa shape index (κ3) is 3.83. The molecule has 0 atom stereocenters. The Labute approximate surface area is 119 Å². The third-order valence-corrected chi connectivity index (χ3v) is 3.45. The van der Waals surface area contributed by atoms with Crippen LogP contribution in [-0.4, -0.2) is 23.4 Å². The van der Waals surface area contributed by atoms with Gasteiger partial charge in [0.15, 0.2) is 0 Å². The topological polar surface area (TPSA) is 49.7 Å². The third-order valence-electron chi connectivity index (χ3n) is 3.45. The molecule has 0 radical (unpaired) electrons. The Morgan fingerprint density at radius 1 is 1.15 bits per heavy atom. The summed E-state index contributed by atoms with van der Waals surface area (Å²) in [6.07, 6.45) is 9.96. The lowest BCUT2D eigenvalue weighted by atomic mass is 9.81. The summed E-state index contributed by atoms with van der Waals surface area (Å²) in [5.74, 6) is 0. The lowest BCUT2D eigenvalue weighted by Crippen LogP contribution is -2.28. The van der Waals surface area contributed by atoms with Crippen molar-refractivity contribution in [3.63, 3.8) is 0 Å². The molecule has 1 aromatic carbocycles. The fourth-order valence-corrected chi connectivity index (χ4v) is 1.98. The summed E-state index contributed by atoms with van der Waals surface area (Å²) in [7, 11) is 0. The van der Waals surface area contributed by atoms with E-state index in [2.05, 4.69) is 0 Å². The molecule has 1 aliphatic rings. The predicted octanol–water partition coefficient (Wildman–Crippen LogP) is 2.57. The van der Waals surface area contributed by atoms with E-state index in [4.69, 9.17) is 4.74 Å². The van der Waals surface area contributed by atoms with Gasteiger partial charge in [-0.05, 0) is 23.6 Å². The van der Waals surface area contributed by atoms with Crippen molar-refractivity contribution in [3.8, 4) is 0 Å². The fraction of sp³-hybridized carbons (Fsp3) is 0.294. The van der Waals surface area contributed by atoms with Gasteiger partial charge >= 0.3 is 0 Å². The van der Waals surface area contributed by atoms with Crippen molar-refractivity contribution >= 4 is 0 Å². The van der Waals surface area contributed by atoms with Crippen LogP contribution in [0.15, 0.2) is 66.5 Å². The average molecular weight is 272 g/mol. The minimum Gasteiger partial charge on any atom is -0.496 e. The Morgan fingerprint density at radius 3 is 2.50 bits per heavy atom. The van der Waals surface area contributed by atoms with Gasteiger partial charge < -0.3 is 14.9 Å². The summed E-state index contributed by atoms with van der Waals surface area (Å²) in [6, 6.07) is 9.98. The fourth-order valence-electron chi connectivity index (χ4n) is 1.98. The molecule has 2 N–H and O–H groups in total. The van der Waals surface area contributed by atoms with Crippen LogP contribution in [0, 0.1) is 5.41 Å². The maximum Gasteiger partial charge on any atom is 0.112 e. The number of aliphatic hydroxyl groups is 2. The molecule has 0 aliphatic heterocycles. The number of hydrogen-bond acceptors (Lipinski definition) is 3. The Morgan fingerprint density at radius 2 is 1.90 bits per heavy atom. The maximum absolute atomic E-state index is 9.28. The normalized spacial score (nSPS) is 17.2. The van der Waals surface area contributed by atoms with Crippen molar-refractivity contribution in [2.75, 3.05) is 13.2 Å². The molecule has 2 rings (SSSR count). The average Bonchev–Trinajstić information content (AvgIpc) is 2.53. The first-order valence-electron chi connectivity index (χ1n) is 6.71. The van der Waals surface area contributed by atoms with Crippen molar-refractivity contribution < 1.29 is 14.9 Å². The molecule has 0 unspecified atom stereocenters. The molecular formula is C17H20O3. The molecule has 0 heterocycles. The zero-order valence-electron chi connectivity index (χ0n) is 11.4. The summed E-state index contributed by atoms with van der Waals surface area (Å²) >= 11 is 0. The van der Waals surface area contributed by atoms with Gasteiger partial charge in [-0.3, -0.25) is 0 Å². The van der Waals surface area contributed by atoms with E-state index >= 15 is 0 Å². The predicted molar refractivity (Wildman–Crippen MR) is 78.8 cm³/mol. The highest BCUT2D eigenvalue weighted by Gasteiger charge is 2.26. The van der Waals surface area contributed by atoms with Crippen LogP contribution in [0.25, 0.3) is 0 Å². The Bertz CT molecular complexity index is 496. The van der Waals surface area contributed by atoms with Crippen LogP contribution >= 0.6 is 0 Å². The standard InChI is InChI=1S/C17H20O3/c18-13-17(14-19)9-6-15(7-10-17)8-11-20-12-16-4-2-1-3-5-16/h1-9,11,18-19H,10,12-14H2. The quantitative estimate of drug-likeness (QED) is 0.783. The molecule has 0 bridgehead atoms. The van der Waals surface area contributed by atoms with Crippen LogP contribution in [0.3, 0.4) is 0 Å². The monoisotopic (exact) mass is 272 g/mol. The van der Waals surface area contributed by atoms with Crippen LogP contribution in [0.1, 0.15) is 12.0 Å². The van der Waals surface area contributed by atoms with E-state index in [-0.39, 0.29) is 13.2 Å². The number of rotatable bonds is 6. The molecular weight excluding hydrogens is 252 g/mol. The van der Waals surface area contributed by atoms with Gasteiger partial charge in [0, 0.05) is 5.41 Å². The summed E-state index contributed by atoms with van der Waals surface area (Å²) in [6.45, 7) is 0.460. The van der Waals surface area contributed by atoms with Gasteiger partial charge in [0.1, 0.15) is 6.61 Å². The Hall–Kier alpha value is -1.84. The number of ether oxygens (including phenoxy) is 1. The van der Waals surface area contributed by atoms with E-state index < -0.39 is 5.41 Å². The molecule has 20 heavy (non-hydrogen) atoms. The van der Waals surface area contributed by atoms with Crippen LogP contribution in [0.2, 0.25) is 0 Å². The van der Waals surface area contributed by atoms with Crippen molar-refractivity contribution in [1.29, 1.82) is 0 Å². The van der Waals surface area contributed by atoms with Gasteiger partial charge in [-0.25, -0.2) is 0 Å². The molecule has 3 heteroatoms. The van der Waals surface area contributed by atoms with Crippen molar-refractivity contribution in [3.05, 3.63) is 72.0 Å². The second-order valence-electron chi connectivity index (χ2n) is 5.02. The molecule has 1 aliphatic carbocycles. The molecule has 0 amide bonds. The molecule has 3 nitrogen and oxygen atoms in total. The van der Waals surface area contributed by atoms with Crippen molar-refractivity contribution in [2.24, 2.45) is 5.41 Å². The molecule has 0 saturated heterocycles. The van der Waals surface area contributed by atoms with Crippen LogP contribution in [-0.2, 0) is 11.3 Å².